The maximum Gasteiger partial charge on any atom is 0.337 e. The standard InChI is InChI=1S/C19H17FN2O4/c1-19(14-7-9-15(20)10-8-14)17(24)22(18(25)21-19)11-12-3-5-13(6-4-12)16(23)26-2/h3-10H,11H2,1-2H3,(H,21,25)/t19-/m1/s1. The first-order chi connectivity index (χ1) is 12.3. The molecule has 2 aromatic carbocycles. The van der Waals surface area contributed by atoms with Gasteiger partial charge in [-0.15, -0.1) is 0 Å². The largest absolute Gasteiger partial charge is 0.465 e. The number of imide groups is 1. The van der Waals surface area contributed by atoms with E-state index in [0.29, 0.717) is 16.7 Å². The Morgan fingerprint density at radius 2 is 1.73 bits per heavy atom. The van der Waals surface area contributed by atoms with E-state index in [2.05, 4.69) is 10.1 Å². The molecule has 0 spiro atoms. The van der Waals surface area contributed by atoms with Crippen LogP contribution in [-0.4, -0.2) is 29.9 Å². The number of methoxy groups -OCH3 is 1. The zero-order valence-corrected chi connectivity index (χ0v) is 14.3. The third-order valence-electron chi connectivity index (χ3n) is 4.41. The van der Waals surface area contributed by atoms with E-state index in [1.54, 1.807) is 31.2 Å². The van der Waals surface area contributed by atoms with Crippen molar-refractivity contribution >= 4 is 17.9 Å². The second-order valence-corrected chi connectivity index (χ2v) is 6.14. The molecule has 0 aromatic heterocycles. The summed E-state index contributed by atoms with van der Waals surface area (Å²) in [6.45, 7) is 1.64. The number of esters is 1. The van der Waals surface area contributed by atoms with E-state index < -0.39 is 29.3 Å². The molecule has 1 aliphatic heterocycles. The minimum absolute atomic E-state index is 0.0584. The Balaban J connectivity index is 1.81. The fourth-order valence-electron chi connectivity index (χ4n) is 2.87. The smallest absolute Gasteiger partial charge is 0.337 e. The summed E-state index contributed by atoms with van der Waals surface area (Å²) >= 11 is 0. The Labute approximate surface area is 149 Å². The highest BCUT2D eigenvalue weighted by Crippen LogP contribution is 2.30. The Bertz CT molecular complexity index is 864. The third-order valence-corrected chi connectivity index (χ3v) is 4.41. The normalized spacial score (nSPS) is 19.4. The van der Waals surface area contributed by atoms with E-state index in [-0.39, 0.29) is 6.54 Å². The summed E-state index contributed by atoms with van der Waals surface area (Å²) in [4.78, 5) is 37.7. The quantitative estimate of drug-likeness (QED) is 0.675. The van der Waals surface area contributed by atoms with Crippen LogP contribution in [0, 0.1) is 5.82 Å². The lowest BCUT2D eigenvalue weighted by atomic mass is 9.92. The summed E-state index contributed by atoms with van der Waals surface area (Å²) in [5.41, 5.74) is 0.311. The first kappa shape index (κ1) is 17.6. The second-order valence-electron chi connectivity index (χ2n) is 6.14. The minimum Gasteiger partial charge on any atom is -0.465 e. The van der Waals surface area contributed by atoms with Crippen LogP contribution in [0.15, 0.2) is 48.5 Å². The number of hydrogen-bond acceptors (Lipinski definition) is 4. The van der Waals surface area contributed by atoms with Crippen molar-refractivity contribution in [1.82, 2.24) is 10.2 Å². The molecule has 1 saturated heterocycles. The lowest BCUT2D eigenvalue weighted by molar-refractivity contribution is -0.131. The van der Waals surface area contributed by atoms with Gasteiger partial charge in [0.2, 0.25) is 0 Å². The average Bonchev–Trinajstić information content (AvgIpc) is 2.86. The fourth-order valence-corrected chi connectivity index (χ4v) is 2.87. The number of ether oxygens (including phenoxy) is 1. The molecule has 2 aromatic rings. The maximum atomic E-state index is 13.1. The predicted molar refractivity (Wildman–Crippen MR) is 90.6 cm³/mol. The van der Waals surface area contributed by atoms with Gasteiger partial charge in [-0.2, -0.15) is 0 Å². The summed E-state index contributed by atoms with van der Waals surface area (Å²) < 4.78 is 17.8. The molecule has 1 N–H and O–H groups in total. The molecular formula is C19H17FN2O4. The van der Waals surface area contributed by atoms with Crippen LogP contribution < -0.4 is 5.32 Å². The van der Waals surface area contributed by atoms with Gasteiger partial charge in [0.1, 0.15) is 11.4 Å². The van der Waals surface area contributed by atoms with E-state index in [4.69, 9.17) is 0 Å². The monoisotopic (exact) mass is 356 g/mol. The maximum absolute atomic E-state index is 13.1. The zero-order valence-electron chi connectivity index (χ0n) is 14.3. The Morgan fingerprint density at radius 1 is 1.12 bits per heavy atom. The number of amides is 3. The first-order valence-electron chi connectivity index (χ1n) is 7.92. The number of nitrogens with one attached hydrogen (secondary N) is 1. The van der Waals surface area contributed by atoms with Gasteiger partial charge in [0.05, 0.1) is 19.2 Å². The lowest BCUT2D eigenvalue weighted by Gasteiger charge is -2.22. The van der Waals surface area contributed by atoms with Gasteiger partial charge in [0.25, 0.3) is 5.91 Å². The molecule has 0 aliphatic carbocycles. The van der Waals surface area contributed by atoms with Crippen molar-refractivity contribution in [2.45, 2.75) is 19.0 Å². The molecule has 0 radical (unpaired) electrons. The second kappa shape index (κ2) is 6.59. The number of carbonyl (C=O) groups excluding carboxylic acids is 3. The SMILES string of the molecule is COC(=O)c1ccc(CN2C(=O)N[C@](C)(c3ccc(F)cc3)C2=O)cc1. The van der Waals surface area contributed by atoms with Crippen LogP contribution in [0.25, 0.3) is 0 Å². The van der Waals surface area contributed by atoms with Crippen LogP contribution in [0.1, 0.15) is 28.4 Å². The summed E-state index contributed by atoms with van der Waals surface area (Å²) in [6.07, 6.45) is 0. The molecule has 26 heavy (non-hydrogen) atoms. The van der Waals surface area contributed by atoms with Crippen molar-refractivity contribution in [3.63, 3.8) is 0 Å². The lowest BCUT2D eigenvalue weighted by Crippen LogP contribution is -2.40. The molecule has 134 valence electrons. The summed E-state index contributed by atoms with van der Waals surface area (Å²) in [6, 6.07) is 11.4. The molecule has 1 fully saturated rings. The van der Waals surface area contributed by atoms with Gasteiger partial charge in [-0.05, 0) is 42.3 Å². The van der Waals surface area contributed by atoms with Gasteiger partial charge >= 0.3 is 12.0 Å². The molecule has 0 bridgehead atoms. The average molecular weight is 356 g/mol. The van der Waals surface area contributed by atoms with Gasteiger partial charge in [0, 0.05) is 0 Å². The predicted octanol–water partition coefficient (Wildman–Crippen LogP) is 2.58. The van der Waals surface area contributed by atoms with Crippen LogP contribution in [-0.2, 0) is 21.6 Å². The molecule has 1 atom stereocenters. The highest BCUT2D eigenvalue weighted by Gasteiger charge is 2.48. The molecule has 1 heterocycles. The van der Waals surface area contributed by atoms with Crippen molar-refractivity contribution in [2.24, 2.45) is 0 Å². The molecule has 3 amide bonds. The topological polar surface area (TPSA) is 75.7 Å². The number of urea groups is 1. The first-order valence-corrected chi connectivity index (χ1v) is 7.92. The third kappa shape index (κ3) is 3.03. The number of hydrogen-bond donors (Lipinski definition) is 1. The van der Waals surface area contributed by atoms with Crippen LogP contribution in [0.3, 0.4) is 0 Å². The van der Waals surface area contributed by atoms with E-state index in [1.165, 1.54) is 31.4 Å². The van der Waals surface area contributed by atoms with Crippen LogP contribution in [0.2, 0.25) is 0 Å². The van der Waals surface area contributed by atoms with Gasteiger partial charge in [-0.25, -0.2) is 14.0 Å². The molecule has 3 rings (SSSR count). The van der Waals surface area contributed by atoms with E-state index in [1.807, 2.05) is 0 Å². The van der Waals surface area contributed by atoms with Crippen molar-refractivity contribution in [1.29, 1.82) is 0 Å². The van der Waals surface area contributed by atoms with Crippen molar-refractivity contribution in [3.8, 4) is 0 Å². The van der Waals surface area contributed by atoms with Gasteiger partial charge in [0.15, 0.2) is 0 Å². The zero-order chi connectivity index (χ0) is 18.9. The Hall–Kier alpha value is -3.22. The molecule has 0 saturated carbocycles. The van der Waals surface area contributed by atoms with Crippen LogP contribution in [0.4, 0.5) is 9.18 Å². The highest BCUT2D eigenvalue weighted by atomic mass is 19.1. The molecule has 1 aliphatic rings. The highest BCUT2D eigenvalue weighted by molar-refractivity contribution is 6.07. The molecule has 0 unspecified atom stereocenters. The number of carbonyl (C=O) groups is 3. The van der Waals surface area contributed by atoms with Crippen LogP contribution in [0.5, 0.6) is 0 Å². The van der Waals surface area contributed by atoms with Crippen molar-refractivity contribution in [3.05, 3.63) is 71.0 Å². The number of rotatable bonds is 4. The summed E-state index contributed by atoms with van der Waals surface area (Å²) in [5, 5.41) is 2.67. The molecule has 7 heteroatoms. The Morgan fingerprint density at radius 3 is 2.31 bits per heavy atom. The van der Waals surface area contributed by atoms with Gasteiger partial charge in [-0.3, -0.25) is 9.69 Å². The number of benzene rings is 2. The minimum atomic E-state index is -1.25. The molecular weight excluding hydrogens is 339 g/mol. The summed E-state index contributed by atoms with van der Waals surface area (Å²) in [7, 11) is 1.29. The van der Waals surface area contributed by atoms with Crippen molar-refractivity contribution in [2.75, 3.05) is 7.11 Å². The van der Waals surface area contributed by atoms with E-state index in [0.717, 1.165) is 4.90 Å². The van der Waals surface area contributed by atoms with Gasteiger partial charge < -0.3 is 10.1 Å². The van der Waals surface area contributed by atoms with E-state index >= 15 is 0 Å². The van der Waals surface area contributed by atoms with Crippen LogP contribution >= 0.6 is 0 Å². The van der Waals surface area contributed by atoms with Gasteiger partial charge in [-0.1, -0.05) is 24.3 Å². The Kier molecular flexibility index (Phi) is 4.46. The summed E-state index contributed by atoms with van der Waals surface area (Å²) in [5.74, 6) is -1.31. The molecule has 6 nitrogen and oxygen atoms in total. The van der Waals surface area contributed by atoms with Crippen molar-refractivity contribution < 1.29 is 23.5 Å². The number of nitrogens with zero attached hydrogens (tertiary/aromatic N) is 1. The number of halogens is 1. The van der Waals surface area contributed by atoms with E-state index in [9.17, 15) is 18.8 Å². The fraction of sp³-hybridized carbons (Fsp3) is 0.211.